The molecule has 0 aromatic heterocycles. The molecule has 0 heterocycles. The molecule has 0 unspecified atom stereocenters. The second kappa shape index (κ2) is 4.35. The Balaban J connectivity index is 1.93. The van der Waals surface area contributed by atoms with Crippen LogP contribution in [0.1, 0.15) is 28.8 Å². The van der Waals surface area contributed by atoms with Crippen LogP contribution in [-0.2, 0) is 11.2 Å². The molecule has 1 aromatic carbocycles. The largest absolute Gasteiger partial charge is 0.478 e. The summed E-state index contributed by atoms with van der Waals surface area (Å²) in [5, 5.41) is 11.6. The summed E-state index contributed by atoms with van der Waals surface area (Å²) in [6.07, 6.45) is 2.46. The van der Waals surface area contributed by atoms with Crippen molar-refractivity contribution in [2.75, 3.05) is 0 Å². The molecule has 0 bridgehead atoms. The summed E-state index contributed by atoms with van der Waals surface area (Å²) >= 11 is 0. The van der Waals surface area contributed by atoms with Crippen molar-refractivity contribution in [3.63, 3.8) is 0 Å². The topological polar surface area (TPSA) is 66.4 Å². The third-order valence-electron chi connectivity index (χ3n) is 2.51. The van der Waals surface area contributed by atoms with Crippen LogP contribution in [0.3, 0.4) is 0 Å². The van der Waals surface area contributed by atoms with Crippen molar-refractivity contribution in [1.82, 2.24) is 5.32 Å². The van der Waals surface area contributed by atoms with E-state index in [1.165, 1.54) is 12.1 Å². The summed E-state index contributed by atoms with van der Waals surface area (Å²) in [6.45, 7) is 0. The van der Waals surface area contributed by atoms with E-state index in [-0.39, 0.29) is 11.5 Å². The Morgan fingerprint density at radius 1 is 1.25 bits per heavy atom. The highest BCUT2D eigenvalue weighted by atomic mass is 16.4. The van der Waals surface area contributed by atoms with Crippen molar-refractivity contribution < 1.29 is 14.7 Å². The van der Waals surface area contributed by atoms with Crippen LogP contribution in [0.2, 0.25) is 0 Å². The van der Waals surface area contributed by atoms with Crippen LogP contribution < -0.4 is 5.32 Å². The first kappa shape index (κ1) is 10.7. The summed E-state index contributed by atoms with van der Waals surface area (Å²) in [5.74, 6) is -0.945. The van der Waals surface area contributed by atoms with Crippen LogP contribution in [0, 0.1) is 0 Å². The van der Waals surface area contributed by atoms with Gasteiger partial charge in [0, 0.05) is 6.04 Å². The van der Waals surface area contributed by atoms with Crippen molar-refractivity contribution in [3.8, 4) is 0 Å². The molecule has 1 saturated carbocycles. The Hall–Kier alpha value is -1.84. The second-order valence-electron chi connectivity index (χ2n) is 4.02. The van der Waals surface area contributed by atoms with Gasteiger partial charge in [-0.2, -0.15) is 0 Å². The van der Waals surface area contributed by atoms with E-state index in [2.05, 4.69) is 5.32 Å². The van der Waals surface area contributed by atoms with E-state index in [1.54, 1.807) is 12.1 Å². The first-order valence-electron chi connectivity index (χ1n) is 5.27. The number of carboxylic acid groups (broad SMARTS) is 1. The van der Waals surface area contributed by atoms with Gasteiger partial charge in [0.1, 0.15) is 0 Å². The van der Waals surface area contributed by atoms with E-state index in [4.69, 9.17) is 5.11 Å². The van der Waals surface area contributed by atoms with Gasteiger partial charge in [-0.1, -0.05) is 12.1 Å². The Morgan fingerprint density at radius 3 is 2.38 bits per heavy atom. The number of rotatable bonds is 4. The first-order valence-corrected chi connectivity index (χ1v) is 5.27. The van der Waals surface area contributed by atoms with Crippen molar-refractivity contribution in [2.45, 2.75) is 25.3 Å². The number of carbonyl (C=O) groups excluding carboxylic acids is 1. The number of carboxylic acids is 1. The zero-order chi connectivity index (χ0) is 11.5. The van der Waals surface area contributed by atoms with Crippen LogP contribution in [0.25, 0.3) is 0 Å². The van der Waals surface area contributed by atoms with Crippen molar-refractivity contribution in [3.05, 3.63) is 35.4 Å². The molecule has 0 radical (unpaired) electrons. The molecule has 1 aromatic rings. The molecule has 0 saturated heterocycles. The number of hydrogen-bond acceptors (Lipinski definition) is 2. The molecule has 0 aliphatic heterocycles. The number of carbonyl (C=O) groups is 2. The first-order chi connectivity index (χ1) is 7.65. The van der Waals surface area contributed by atoms with Crippen LogP contribution >= 0.6 is 0 Å². The molecule has 0 spiro atoms. The number of amides is 1. The average molecular weight is 219 g/mol. The number of hydrogen-bond donors (Lipinski definition) is 2. The maximum Gasteiger partial charge on any atom is 0.335 e. The second-order valence-corrected chi connectivity index (χ2v) is 4.02. The van der Waals surface area contributed by atoms with Crippen LogP contribution in [0.4, 0.5) is 0 Å². The maximum atomic E-state index is 11.5. The number of aromatic carboxylic acids is 1. The average Bonchev–Trinajstić information content (AvgIpc) is 3.02. The predicted molar refractivity (Wildman–Crippen MR) is 58.3 cm³/mol. The molecule has 1 amide bonds. The minimum atomic E-state index is -0.950. The molecule has 2 rings (SSSR count). The van der Waals surface area contributed by atoms with Gasteiger partial charge in [0.15, 0.2) is 0 Å². The fraction of sp³-hybridized carbons (Fsp3) is 0.333. The van der Waals surface area contributed by atoms with Crippen LogP contribution in [-0.4, -0.2) is 23.0 Å². The van der Waals surface area contributed by atoms with Gasteiger partial charge in [0.05, 0.1) is 12.0 Å². The quantitative estimate of drug-likeness (QED) is 0.799. The molecule has 0 atom stereocenters. The Kier molecular flexibility index (Phi) is 2.90. The van der Waals surface area contributed by atoms with Gasteiger partial charge in [-0.25, -0.2) is 4.79 Å². The fourth-order valence-corrected chi connectivity index (χ4v) is 1.46. The van der Waals surface area contributed by atoms with Crippen molar-refractivity contribution in [2.24, 2.45) is 0 Å². The molecular formula is C12H13NO3. The lowest BCUT2D eigenvalue weighted by atomic mass is 10.1. The smallest absolute Gasteiger partial charge is 0.335 e. The van der Waals surface area contributed by atoms with Crippen LogP contribution in [0.5, 0.6) is 0 Å². The van der Waals surface area contributed by atoms with Gasteiger partial charge in [-0.3, -0.25) is 4.79 Å². The predicted octanol–water partition coefficient (Wildman–Crippen LogP) is 1.21. The Labute approximate surface area is 93.3 Å². The van der Waals surface area contributed by atoms with E-state index in [1.807, 2.05) is 0 Å². The van der Waals surface area contributed by atoms with Crippen molar-refractivity contribution >= 4 is 11.9 Å². The van der Waals surface area contributed by atoms with Gasteiger partial charge in [-0.05, 0) is 30.5 Å². The Bertz CT molecular complexity index is 407. The Morgan fingerprint density at radius 2 is 1.88 bits per heavy atom. The monoisotopic (exact) mass is 219 g/mol. The maximum absolute atomic E-state index is 11.5. The lowest BCUT2D eigenvalue weighted by molar-refractivity contribution is -0.120. The third kappa shape index (κ3) is 2.82. The van der Waals surface area contributed by atoms with Gasteiger partial charge in [0.2, 0.25) is 5.91 Å². The highest BCUT2D eigenvalue weighted by Gasteiger charge is 2.22. The van der Waals surface area contributed by atoms with E-state index >= 15 is 0 Å². The molecule has 1 aliphatic carbocycles. The number of benzene rings is 1. The van der Waals surface area contributed by atoms with Gasteiger partial charge in [-0.15, -0.1) is 0 Å². The lowest BCUT2D eigenvalue weighted by Gasteiger charge is -2.03. The lowest BCUT2D eigenvalue weighted by Crippen LogP contribution is -2.26. The summed E-state index contributed by atoms with van der Waals surface area (Å²) in [4.78, 5) is 22.1. The zero-order valence-electron chi connectivity index (χ0n) is 8.77. The summed E-state index contributed by atoms with van der Waals surface area (Å²) in [5.41, 5.74) is 1.08. The number of nitrogens with one attached hydrogen (secondary N) is 1. The normalized spacial score (nSPS) is 14.5. The molecule has 4 nitrogen and oxygen atoms in total. The molecule has 16 heavy (non-hydrogen) atoms. The van der Waals surface area contributed by atoms with E-state index in [0.29, 0.717) is 12.5 Å². The molecular weight excluding hydrogens is 206 g/mol. The minimum Gasteiger partial charge on any atom is -0.478 e. The van der Waals surface area contributed by atoms with Gasteiger partial charge < -0.3 is 10.4 Å². The molecule has 1 aliphatic rings. The standard InChI is InChI=1S/C12H13NO3/c14-11(13-10-5-6-10)7-8-1-3-9(4-2-8)12(15)16/h1-4,10H,5-7H2,(H,13,14)(H,15,16). The van der Waals surface area contributed by atoms with E-state index in [9.17, 15) is 9.59 Å². The van der Waals surface area contributed by atoms with Gasteiger partial charge >= 0.3 is 5.97 Å². The van der Waals surface area contributed by atoms with E-state index in [0.717, 1.165) is 18.4 Å². The molecule has 84 valence electrons. The third-order valence-corrected chi connectivity index (χ3v) is 2.51. The van der Waals surface area contributed by atoms with Crippen LogP contribution in [0.15, 0.2) is 24.3 Å². The zero-order valence-corrected chi connectivity index (χ0v) is 8.77. The van der Waals surface area contributed by atoms with E-state index < -0.39 is 5.97 Å². The molecule has 2 N–H and O–H groups in total. The van der Waals surface area contributed by atoms with Crippen molar-refractivity contribution in [1.29, 1.82) is 0 Å². The van der Waals surface area contributed by atoms with Gasteiger partial charge in [0.25, 0.3) is 0 Å². The SMILES string of the molecule is O=C(Cc1ccc(C(=O)O)cc1)NC1CC1. The highest BCUT2D eigenvalue weighted by molar-refractivity contribution is 5.87. The highest BCUT2D eigenvalue weighted by Crippen LogP contribution is 2.18. The molecule has 1 fully saturated rings. The fourth-order valence-electron chi connectivity index (χ4n) is 1.46. The minimum absolute atomic E-state index is 0.00516. The summed E-state index contributed by atoms with van der Waals surface area (Å²) in [6, 6.07) is 6.75. The summed E-state index contributed by atoms with van der Waals surface area (Å²) in [7, 11) is 0. The molecule has 4 heteroatoms. The summed E-state index contributed by atoms with van der Waals surface area (Å²) < 4.78 is 0.